The highest BCUT2D eigenvalue weighted by Crippen LogP contribution is 2.20. The van der Waals surface area contributed by atoms with Crippen molar-refractivity contribution < 1.29 is 38.1 Å². The van der Waals surface area contributed by atoms with Gasteiger partial charge in [0.15, 0.2) is 0 Å². The second-order valence-electron chi connectivity index (χ2n) is 5.93. The van der Waals surface area contributed by atoms with Crippen molar-refractivity contribution >= 4 is 41.7 Å². The molecule has 31 heavy (non-hydrogen) atoms. The van der Waals surface area contributed by atoms with E-state index >= 15 is 0 Å². The van der Waals surface area contributed by atoms with E-state index in [9.17, 15) is 19.2 Å². The van der Waals surface area contributed by atoms with Gasteiger partial charge in [0.1, 0.15) is 11.1 Å². The maximum atomic E-state index is 12.2. The summed E-state index contributed by atoms with van der Waals surface area (Å²) in [5.41, 5.74) is 6.26. The van der Waals surface area contributed by atoms with Crippen molar-refractivity contribution in [1.82, 2.24) is 0 Å². The van der Waals surface area contributed by atoms with Gasteiger partial charge >= 0.3 is 23.9 Å². The molecule has 0 amide bonds. The summed E-state index contributed by atoms with van der Waals surface area (Å²) in [6, 6.07) is 4.53. The largest absolute Gasteiger partial charge is 0.462 e. The Balaban J connectivity index is 3.48. The maximum absolute atomic E-state index is 12.2. The first kappa shape index (κ1) is 25.4. The molecular weight excluding hydrogens is 406 g/mol. The molecule has 0 heterocycles. The summed E-state index contributed by atoms with van der Waals surface area (Å²) in [6.45, 7) is 6.72. The zero-order valence-electron chi connectivity index (χ0n) is 18.1. The molecule has 0 bridgehead atoms. The van der Waals surface area contributed by atoms with Gasteiger partial charge in [0.25, 0.3) is 0 Å². The summed E-state index contributed by atoms with van der Waals surface area (Å²) in [4.78, 5) is 48.7. The number of benzene rings is 1. The van der Waals surface area contributed by atoms with Gasteiger partial charge < -0.3 is 24.7 Å². The third kappa shape index (κ3) is 7.96. The number of anilines is 1. The monoisotopic (exact) mass is 433 g/mol. The van der Waals surface area contributed by atoms with E-state index in [4.69, 9.17) is 24.7 Å². The van der Waals surface area contributed by atoms with Crippen molar-refractivity contribution in [3.63, 3.8) is 0 Å². The summed E-state index contributed by atoms with van der Waals surface area (Å²) in [6.07, 6.45) is 2.52. The molecule has 9 heteroatoms. The molecule has 0 fully saturated rings. The minimum absolute atomic E-state index is 0.0724. The first-order valence-corrected chi connectivity index (χ1v) is 9.79. The first-order valence-electron chi connectivity index (χ1n) is 9.79. The molecule has 0 aliphatic rings. The molecule has 0 saturated heterocycles. The van der Waals surface area contributed by atoms with Gasteiger partial charge in [-0.2, -0.15) is 0 Å². The molecule has 0 unspecified atom stereocenters. The number of carbonyl (C=O) groups excluding carboxylic acids is 4. The average molecular weight is 433 g/mol. The molecule has 1 aromatic carbocycles. The fourth-order valence-corrected chi connectivity index (χ4v) is 2.44. The number of nitrogens with two attached hydrogens (primary N) is 1. The fourth-order valence-electron chi connectivity index (χ4n) is 2.44. The Morgan fingerprint density at radius 2 is 0.935 bits per heavy atom. The lowest BCUT2D eigenvalue weighted by Crippen LogP contribution is -2.18. The van der Waals surface area contributed by atoms with Crippen LogP contribution in [0.4, 0.5) is 5.69 Å². The van der Waals surface area contributed by atoms with Crippen LogP contribution in [-0.2, 0) is 38.1 Å². The van der Waals surface area contributed by atoms with Crippen molar-refractivity contribution in [3.05, 3.63) is 40.5 Å². The quantitative estimate of drug-likeness (QED) is 0.147. The van der Waals surface area contributed by atoms with E-state index < -0.39 is 23.9 Å². The van der Waals surface area contributed by atoms with Gasteiger partial charge in [-0.15, -0.1) is 0 Å². The summed E-state index contributed by atoms with van der Waals surface area (Å²) in [5.74, 6) is -3.39. The summed E-state index contributed by atoms with van der Waals surface area (Å²) >= 11 is 0. The zero-order chi connectivity index (χ0) is 23.4. The number of hydrogen-bond donors (Lipinski definition) is 1. The number of ether oxygens (including phenoxy) is 4. The highest BCUT2D eigenvalue weighted by atomic mass is 16.6. The van der Waals surface area contributed by atoms with Crippen LogP contribution >= 0.6 is 0 Å². The number of carbonyl (C=O) groups is 4. The van der Waals surface area contributed by atoms with Gasteiger partial charge in [0, 0.05) is 5.69 Å². The molecule has 168 valence electrons. The lowest BCUT2D eigenvalue weighted by molar-refractivity contribution is -0.148. The number of hydrogen-bond acceptors (Lipinski definition) is 9. The third-order valence-corrected chi connectivity index (χ3v) is 3.60. The van der Waals surface area contributed by atoms with E-state index in [-0.39, 0.29) is 43.3 Å². The lowest BCUT2D eigenvalue weighted by Gasteiger charge is -2.09. The Bertz CT molecular complexity index is 777. The van der Waals surface area contributed by atoms with Crippen LogP contribution in [0.2, 0.25) is 0 Å². The van der Waals surface area contributed by atoms with Crippen molar-refractivity contribution in [2.24, 2.45) is 0 Å². The van der Waals surface area contributed by atoms with Crippen LogP contribution in [-0.4, -0.2) is 50.3 Å². The summed E-state index contributed by atoms with van der Waals surface area (Å²) in [7, 11) is 0. The van der Waals surface area contributed by atoms with Crippen LogP contribution in [0.1, 0.15) is 38.8 Å². The average Bonchev–Trinajstić information content (AvgIpc) is 2.70. The Morgan fingerprint density at radius 1 is 0.645 bits per heavy atom. The Labute approximate surface area is 180 Å². The molecule has 0 aliphatic heterocycles. The molecule has 0 spiro atoms. The summed E-state index contributed by atoms with van der Waals surface area (Å²) in [5, 5.41) is 0. The minimum atomic E-state index is -0.848. The van der Waals surface area contributed by atoms with Gasteiger partial charge in [-0.3, -0.25) is 0 Å². The number of nitrogen functional groups attached to an aromatic ring is 1. The van der Waals surface area contributed by atoms with Gasteiger partial charge in [0.2, 0.25) is 0 Å². The van der Waals surface area contributed by atoms with Crippen LogP contribution in [0.5, 0.6) is 0 Å². The van der Waals surface area contributed by atoms with Gasteiger partial charge in [0.05, 0.1) is 26.4 Å². The second kappa shape index (κ2) is 12.8. The predicted octanol–water partition coefficient (Wildman–Crippen LogP) is 2.29. The van der Waals surface area contributed by atoms with Crippen LogP contribution in [0.25, 0.3) is 12.2 Å². The molecule has 0 aromatic heterocycles. The van der Waals surface area contributed by atoms with Crippen LogP contribution < -0.4 is 5.73 Å². The van der Waals surface area contributed by atoms with Gasteiger partial charge in [-0.25, -0.2) is 19.2 Å². The predicted molar refractivity (Wildman–Crippen MR) is 113 cm³/mol. The molecule has 0 aliphatic carbocycles. The van der Waals surface area contributed by atoms with Gasteiger partial charge in [-0.05, 0) is 69.2 Å². The molecule has 2 N–H and O–H groups in total. The van der Waals surface area contributed by atoms with Gasteiger partial charge in [-0.1, -0.05) is 0 Å². The third-order valence-electron chi connectivity index (χ3n) is 3.60. The molecule has 1 aromatic rings. The normalized spacial score (nSPS) is 9.81. The molecule has 0 radical (unpaired) electrons. The van der Waals surface area contributed by atoms with Crippen molar-refractivity contribution in [1.29, 1.82) is 0 Å². The van der Waals surface area contributed by atoms with Crippen molar-refractivity contribution in [2.75, 3.05) is 32.2 Å². The van der Waals surface area contributed by atoms with E-state index in [0.29, 0.717) is 11.1 Å². The van der Waals surface area contributed by atoms with E-state index in [1.54, 1.807) is 27.7 Å². The lowest BCUT2D eigenvalue weighted by atomic mass is 10.0. The van der Waals surface area contributed by atoms with E-state index in [1.165, 1.54) is 30.4 Å². The highest BCUT2D eigenvalue weighted by molar-refractivity contribution is 6.18. The smallest absolute Gasteiger partial charge is 0.345 e. The molecule has 0 saturated carbocycles. The Kier molecular flexibility index (Phi) is 10.5. The number of rotatable bonds is 10. The van der Waals surface area contributed by atoms with E-state index in [2.05, 4.69) is 0 Å². The Hall–Kier alpha value is -3.62. The first-order chi connectivity index (χ1) is 14.8. The molecular formula is C22H27NO8. The SMILES string of the molecule is CCOC(=O)C(=Cc1cc(N)cc(C=C(C(=O)OCC)C(=O)OCC)c1)C(=O)OCC. The molecule has 0 atom stereocenters. The van der Waals surface area contributed by atoms with Crippen LogP contribution in [0.3, 0.4) is 0 Å². The molecule has 1 rings (SSSR count). The zero-order valence-corrected chi connectivity index (χ0v) is 18.1. The van der Waals surface area contributed by atoms with Crippen LogP contribution in [0, 0.1) is 0 Å². The highest BCUT2D eigenvalue weighted by Gasteiger charge is 2.22. The number of esters is 4. The Morgan fingerprint density at radius 3 is 1.19 bits per heavy atom. The molecule has 9 nitrogen and oxygen atoms in total. The fraction of sp³-hybridized carbons (Fsp3) is 0.364. The standard InChI is InChI=1S/C22H27NO8/c1-5-28-19(24)17(20(25)29-6-2)12-14-9-15(11-16(23)10-14)13-18(21(26)30-7-3)22(27)31-8-4/h9-13H,5-8,23H2,1-4H3. The van der Waals surface area contributed by atoms with Crippen molar-refractivity contribution in [3.8, 4) is 0 Å². The van der Waals surface area contributed by atoms with Crippen LogP contribution in [0.15, 0.2) is 29.3 Å². The maximum Gasteiger partial charge on any atom is 0.345 e. The minimum Gasteiger partial charge on any atom is -0.462 e. The topological polar surface area (TPSA) is 131 Å². The summed E-state index contributed by atoms with van der Waals surface area (Å²) < 4.78 is 19.6. The second-order valence-corrected chi connectivity index (χ2v) is 5.93. The van der Waals surface area contributed by atoms with E-state index in [0.717, 1.165) is 0 Å². The van der Waals surface area contributed by atoms with E-state index in [1.807, 2.05) is 0 Å². The van der Waals surface area contributed by atoms with Crippen molar-refractivity contribution in [2.45, 2.75) is 27.7 Å².